The standard InChI is InChI=1S/C44H26O/c1-2-13-29-25-30(22-21-27(29)11-1)41-33-16-6-8-18-35(33)42(36-19-9-7-17-34(36)41)39-26-40-38-24-23-28-12-3-4-14-31(28)43(38)45-44(40)37-20-10-5-15-32(37)39/h1-26H. The Bertz CT molecular complexity index is 2760. The molecule has 1 nitrogen and oxygen atoms in total. The first-order valence-electron chi connectivity index (χ1n) is 15.5. The van der Waals surface area contributed by atoms with Gasteiger partial charge in [-0.05, 0) is 83.5 Å². The highest BCUT2D eigenvalue weighted by Crippen LogP contribution is 2.48. The summed E-state index contributed by atoms with van der Waals surface area (Å²) in [7, 11) is 0. The zero-order chi connectivity index (χ0) is 29.5. The molecule has 0 radical (unpaired) electrons. The van der Waals surface area contributed by atoms with Crippen LogP contribution in [-0.4, -0.2) is 0 Å². The van der Waals surface area contributed by atoms with Crippen LogP contribution in [0.25, 0.3) is 98.1 Å². The van der Waals surface area contributed by atoms with E-state index in [1.807, 2.05) is 0 Å². The Labute approximate surface area is 259 Å². The minimum absolute atomic E-state index is 0.946. The summed E-state index contributed by atoms with van der Waals surface area (Å²) in [4.78, 5) is 0. The molecule has 0 fully saturated rings. The third kappa shape index (κ3) is 3.50. The second kappa shape index (κ2) is 9.29. The van der Waals surface area contributed by atoms with Gasteiger partial charge in [-0.1, -0.05) is 140 Å². The van der Waals surface area contributed by atoms with E-state index >= 15 is 0 Å². The predicted molar refractivity (Wildman–Crippen MR) is 192 cm³/mol. The van der Waals surface area contributed by atoms with Gasteiger partial charge in [0, 0.05) is 21.5 Å². The van der Waals surface area contributed by atoms with E-state index in [1.165, 1.54) is 65.3 Å². The summed E-state index contributed by atoms with van der Waals surface area (Å²) >= 11 is 0. The number of hydrogen-bond donors (Lipinski definition) is 0. The molecule has 0 spiro atoms. The third-order valence-corrected chi connectivity index (χ3v) is 9.61. The van der Waals surface area contributed by atoms with Crippen LogP contribution in [0.4, 0.5) is 0 Å². The molecule has 0 aliphatic rings. The molecule has 0 atom stereocenters. The van der Waals surface area contributed by atoms with Crippen LogP contribution in [0.1, 0.15) is 0 Å². The van der Waals surface area contributed by atoms with Crippen molar-refractivity contribution >= 4 is 75.8 Å². The van der Waals surface area contributed by atoms with Gasteiger partial charge in [-0.25, -0.2) is 0 Å². The summed E-state index contributed by atoms with van der Waals surface area (Å²) in [5.74, 6) is 0. The molecule has 0 saturated carbocycles. The molecule has 9 aromatic carbocycles. The third-order valence-electron chi connectivity index (χ3n) is 9.61. The molecule has 0 saturated heterocycles. The Balaban J connectivity index is 1.37. The summed E-state index contributed by atoms with van der Waals surface area (Å²) in [6.07, 6.45) is 0. The van der Waals surface area contributed by atoms with Crippen LogP contribution in [0.15, 0.2) is 162 Å². The molecule has 1 heterocycles. The molecule has 0 amide bonds. The fourth-order valence-electron chi connectivity index (χ4n) is 7.61. The van der Waals surface area contributed by atoms with Crippen LogP contribution in [-0.2, 0) is 0 Å². The van der Waals surface area contributed by atoms with E-state index in [0.29, 0.717) is 0 Å². The molecule has 0 bridgehead atoms. The molecule has 45 heavy (non-hydrogen) atoms. The molecule has 0 N–H and O–H groups in total. The van der Waals surface area contributed by atoms with Crippen molar-refractivity contribution in [1.82, 2.24) is 0 Å². The lowest BCUT2D eigenvalue weighted by Crippen LogP contribution is -1.92. The Hall–Kier alpha value is -5.92. The van der Waals surface area contributed by atoms with Gasteiger partial charge in [0.05, 0.1) is 0 Å². The maximum atomic E-state index is 6.76. The van der Waals surface area contributed by atoms with E-state index in [9.17, 15) is 0 Å². The SMILES string of the molecule is c1ccc2cc(-c3c4ccccc4c(-c4cc5c6ccc7ccccc7c6oc5c5ccccc45)c4ccccc34)ccc2c1. The van der Waals surface area contributed by atoms with E-state index < -0.39 is 0 Å². The molecule has 10 aromatic rings. The Morgan fingerprint density at radius 1 is 0.289 bits per heavy atom. The van der Waals surface area contributed by atoms with Crippen LogP contribution in [0, 0.1) is 0 Å². The summed E-state index contributed by atoms with van der Waals surface area (Å²) < 4.78 is 6.76. The van der Waals surface area contributed by atoms with Gasteiger partial charge in [-0.3, -0.25) is 0 Å². The van der Waals surface area contributed by atoms with E-state index in [0.717, 1.165) is 32.7 Å². The molecule has 1 aromatic heterocycles. The number of fused-ring (bicyclic) bond motifs is 10. The zero-order valence-corrected chi connectivity index (χ0v) is 24.4. The summed E-state index contributed by atoms with van der Waals surface area (Å²) in [6, 6.07) is 57.3. The fraction of sp³-hybridized carbons (Fsp3) is 0. The van der Waals surface area contributed by atoms with Crippen molar-refractivity contribution in [1.29, 1.82) is 0 Å². The minimum atomic E-state index is 0.946. The molecule has 0 unspecified atom stereocenters. The van der Waals surface area contributed by atoms with E-state index in [2.05, 4.69) is 158 Å². The van der Waals surface area contributed by atoms with Gasteiger partial charge in [0.15, 0.2) is 0 Å². The summed E-state index contributed by atoms with van der Waals surface area (Å²) in [6.45, 7) is 0. The van der Waals surface area contributed by atoms with E-state index in [-0.39, 0.29) is 0 Å². The van der Waals surface area contributed by atoms with Gasteiger partial charge >= 0.3 is 0 Å². The Morgan fingerprint density at radius 3 is 1.49 bits per heavy atom. The van der Waals surface area contributed by atoms with Crippen molar-refractivity contribution in [3.8, 4) is 22.3 Å². The van der Waals surface area contributed by atoms with Crippen LogP contribution >= 0.6 is 0 Å². The first kappa shape index (κ1) is 24.5. The van der Waals surface area contributed by atoms with Gasteiger partial charge in [-0.2, -0.15) is 0 Å². The van der Waals surface area contributed by atoms with Crippen molar-refractivity contribution in [3.05, 3.63) is 158 Å². The van der Waals surface area contributed by atoms with Crippen LogP contribution < -0.4 is 0 Å². The Morgan fingerprint density at radius 2 is 0.778 bits per heavy atom. The monoisotopic (exact) mass is 570 g/mol. The lowest BCUT2D eigenvalue weighted by Gasteiger charge is -2.19. The average Bonchev–Trinajstić information content (AvgIpc) is 3.49. The number of benzene rings is 9. The topological polar surface area (TPSA) is 13.1 Å². The van der Waals surface area contributed by atoms with Crippen molar-refractivity contribution < 1.29 is 4.42 Å². The summed E-state index contributed by atoms with van der Waals surface area (Å²) in [5.41, 5.74) is 6.90. The van der Waals surface area contributed by atoms with Crippen LogP contribution in [0.3, 0.4) is 0 Å². The van der Waals surface area contributed by atoms with E-state index in [1.54, 1.807) is 0 Å². The molecule has 1 heteroatoms. The maximum Gasteiger partial charge on any atom is 0.143 e. The minimum Gasteiger partial charge on any atom is -0.455 e. The molecular weight excluding hydrogens is 544 g/mol. The second-order valence-corrected chi connectivity index (χ2v) is 12.0. The Kier molecular flexibility index (Phi) is 5.06. The molecule has 208 valence electrons. The van der Waals surface area contributed by atoms with Crippen molar-refractivity contribution in [3.63, 3.8) is 0 Å². The zero-order valence-electron chi connectivity index (χ0n) is 24.4. The molecular formula is C44H26O. The number of rotatable bonds is 2. The van der Waals surface area contributed by atoms with Crippen LogP contribution in [0.2, 0.25) is 0 Å². The first-order valence-corrected chi connectivity index (χ1v) is 15.5. The van der Waals surface area contributed by atoms with Gasteiger partial charge in [-0.15, -0.1) is 0 Å². The van der Waals surface area contributed by atoms with Gasteiger partial charge in [0.25, 0.3) is 0 Å². The van der Waals surface area contributed by atoms with Crippen LogP contribution in [0.5, 0.6) is 0 Å². The van der Waals surface area contributed by atoms with E-state index in [4.69, 9.17) is 4.42 Å². The molecule has 10 rings (SSSR count). The highest BCUT2D eigenvalue weighted by molar-refractivity contribution is 6.28. The number of hydrogen-bond acceptors (Lipinski definition) is 1. The lowest BCUT2D eigenvalue weighted by molar-refractivity contribution is 0.676. The lowest BCUT2D eigenvalue weighted by atomic mass is 9.84. The van der Waals surface area contributed by atoms with Crippen molar-refractivity contribution in [2.75, 3.05) is 0 Å². The van der Waals surface area contributed by atoms with Gasteiger partial charge in [0.2, 0.25) is 0 Å². The largest absolute Gasteiger partial charge is 0.455 e. The maximum absolute atomic E-state index is 6.76. The predicted octanol–water partition coefficient (Wildman–Crippen LogP) is 12.7. The highest BCUT2D eigenvalue weighted by Gasteiger charge is 2.21. The quantitative estimate of drug-likeness (QED) is 0.188. The summed E-state index contributed by atoms with van der Waals surface area (Å²) in [5, 5.41) is 14.5. The van der Waals surface area contributed by atoms with Gasteiger partial charge in [0.1, 0.15) is 11.2 Å². The smallest absolute Gasteiger partial charge is 0.143 e. The molecule has 0 aliphatic heterocycles. The second-order valence-electron chi connectivity index (χ2n) is 12.0. The molecule has 0 aliphatic carbocycles. The highest BCUT2D eigenvalue weighted by atomic mass is 16.3. The normalized spacial score (nSPS) is 12.0. The number of furan rings is 1. The average molecular weight is 571 g/mol. The first-order chi connectivity index (χ1) is 22.3. The van der Waals surface area contributed by atoms with Gasteiger partial charge < -0.3 is 4.42 Å². The van der Waals surface area contributed by atoms with Crippen molar-refractivity contribution in [2.24, 2.45) is 0 Å². The van der Waals surface area contributed by atoms with Crippen molar-refractivity contribution in [2.45, 2.75) is 0 Å². The fourth-order valence-corrected chi connectivity index (χ4v) is 7.61.